The SMILES string of the molecule is CCCNC(=O)CN1CCC(C)(O)CC1. The van der Waals surface area contributed by atoms with Crippen molar-refractivity contribution in [1.29, 1.82) is 0 Å². The van der Waals surface area contributed by atoms with Crippen molar-refractivity contribution < 1.29 is 9.90 Å². The molecule has 1 aliphatic heterocycles. The Morgan fingerprint density at radius 1 is 1.47 bits per heavy atom. The molecule has 0 unspecified atom stereocenters. The van der Waals surface area contributed by atoms with E-state index in [0.29, 0.717) is 6.54 Å². The minimum absolute atomic E-state index is 0.0957. The maximum absolute atomic E-state index is 11.4. The number of likely N-dealkylation sites (tertiary alicyclic amines) is 1. The lowest BCUT2D eigenvalue weighted by molar-refractivity contribution is -0.123. The summed E-state index contributed by atoms with van der Waals surface area (Å²) in [6.45, 7) is 6.75. The molecule has 0 aromatic carbocycles. The molecule has 1 aliphatic rings. The number of hydrogen-bond donors (Lipinski definition) is 2. The molecule has 4 heteroatoms. The Balaban J connectivity index is 2.21. The smallest absolute Gasteiger partial charge is 0.234 e. The predicted octanol–water partition coefficient (Wildman–Crippen LogP) is 0.359. The van der Waals surface area contributed by atoms with Gasteiger partial charge >= 0.3 is 0 Å². The number of aliphatic hydroxyl groups is 1. The van der Waals surface area contributed by atoms with Gasteiger partial charge in [-0.15, -0.1) is 0 Å². The quantitative estimate of drug-likeness (QED) is 0.710. The van der Waals surface area contributed by atoms with Crippen molar-refractivity contribution in [3.05, 3.63) is 0 Å². The highest BCUT2D eigenvalue weighted by Gasteiger charge is 2.27. The summed E-state index contributed by atoms with van der Waals surface area (Å²) in [5.74, 6) is 0.0957. The summed E-state index contributed by atoms with van der Waals surface area (Å²) in [5.41, 5.74) is -0.531. The Hall–Kier alpha value is -0.610. The molecule has 0 aliphatic carbocycles. The van der Waals surface area contributed by atoms with E-state index in [-0.39, 0.29) is 5.91 Å². The van der Waals surface area contributed by atoms with Gasteiger partial charge in [-0.1, -0.05) is 6.92 Å². The Morgan fingerprint density at radius 2 is 2.07 bits per heavy atom. The molecule has 0 radical (unpaired) electrons. The molecule has 1 amide bonds. The van der Waals surface area contributed by atoms with Gasteiger partial charge in [0, 0.05) is 19.6 Å². The average Bonchev–Trinajstić information content (AvgIpc) is 2.18. The molecule has 1 heterocycles. The Kier molecular flexibility index (Phi) is 4.54. The van der Waals surface area contributed by atoms with E-state index in [9.17, 15) is 9.90 Å². The number of rotatable bonds is 4. The van der Waals surface area contributed by atoms with Gasteiger partial charge in [0.15, 0.2) is 0 Å². The van der Waals surface area contributed by atoms with Crippen molar-refractivity contribution in [3.63, 3.8) is 0 Å². The van der Waals surface area contributed by atoms with Crippen LogP contribution in [0.1, 0.15) is 33.1 Å². The number of carbonyl (C=O) groups excluding carboxylic acids is 1. The van der Waals surface area contributed by atoms with Crippen LogP contribution in [0.25, 0.3) is 0 Å². The van der Waals surface area contributed by atoms with Crippen molar-refractivity contribution >= 4 is 5.91 Å². The fourth-order valence-electron chi connectivity index (χ4n) is 1.72. The fraction of sp³-hybridized carbons (Fsp3) is 0.909. The third-order valence-corrected chi connectivity index (χ3v) is 2.87. The molecule has 2 N–H and O–H groups in total. The summed E-state index contributed by atoms with van der Waals surface area (Å²) in [4.78, 5) is 13.5. The summed E-state index contributed by atoms with van der Waals surface area (Å²) < 4.78 is 0. The van der Waals surface area contributed by atoms with Gasteiger partial charge in [-0.3, -0.25) is 9.69 Å². The minimum Gasteiger partial charge on any atom is -0.390 e. The Morgan fingerprint density at radius 3 is 2.60 bits per heavy atom. The molecule has 0 atom stereocenters. The van der Waals surface area contributed by atoms with E-state index < -0.39 is 5.60 Å². The van der Waals surface area contributed by atoms with E-state index >= 15 is 0 Å². The van der Waals surface area contributed by atoms with Crippen molar-refractivity contribution in [2.45, 2.75) is 38.7 Å². The first-order valence-electron chi connectivity index (χ1n) is 5.75. The highest BCUT2D eigenvalue weighted by molar-refractivity contribution is 5.77. The van der Waals surface area contributed by atoms with E-state index in [1.807, 2.05) is 13.8 Å². The molecule has 0 spiro atoms. The molecule has 4 nitrogen and oxygen atoms in total. The number of nitrogens with zero attached hydrogens (tertiary/aromatic N) is 1. The summed E-state index contributed by atoms with van der Waals surface area (Å²) in [7, 11) is 0. The molecule has 88 valence electrons. The van der Waals surface area contributed by atoms with Crippen LogP contribution in [0.2, 0.25) is 0 Å². The van der Waals surface area contributed by atoms with E-state index in [1.165, 1.54) is 0 Å². The maximum Gasteiger partial charge on any atom is 0.234 e. The fourth-order valence-corrected chi connectivity index (χ4v) is 1.72. The normalized spacial score (nSPS) is 21.3. The summed E-state index contributed by atoms with van der Waals surface area (Å²) in [5, 5.41) is 12.6. The van der Waals surface area contributed by atoms with E-state index in [1.54, 1.807) is 0 Å². The van der Waals surface area contributed by atoms with Crippen LogP contribution in [0.15, 0.2) is 0 Å². The van der Waals surface area contributed by atoms with Crippen molar-refractivity contribution in [1.82, 2.24) is 10.2 Å². The van der Waals surface area contributed by atoms with Crippen LogP contribution in [-0.2, 0) is 4.79 Å². The largest absolute Gasteiger partial charge is 0.390 e. The summed E-state index contributed by atoms with van der Waals surface area (Å²) >= 11 is 0. The lowest BCUT2D eigenvalue weighted by Crippen LogP contribution is -2.46. The number of amides is 1. The monoisotopic (exact) mass is 214 g/mol. The van der Waals surface area contributed by atoms with E-state index in [4.69, 9.17) is 0 Å². The molecule has 1 rings (SSSR count). The van der Waals surface area contributed by atoms with Crippen molar-refractivity contribution in [3.8, 4) is 0 Å². The van der Waals surface area contributed by atoms with Crippen LogP contribution in [-0.4, -0.2) is 47.7 Å². The predicted molar refractivity (Wildman–Crippen MR) is 59.6 cm³/mol. The van der Waals surface area contributed by atoms with Crippen molar-refractivity contribution in [2.75, 3.05) is 26.2 Å². The molecule has 1 fully saturated rings. The van der Waals surface area contributed by atoms with Crippen LogP contribution in [0.4, 0.5) is 0 Å². The molecule has 0 aromatic heterocycles. The van der Waals surface area contributed by atoms with Gasteiger partial charge in [0.1, 0.15) is 0 Å². The topological polar surface area (TPSA) is 52.6 Å². The molecule has 1 saturated heterocycles. The standard InChI is InChI=1S/C11H22N2O2/c1-3-6-12-10(14)9-13-7-4-11(2,15)5-8-13/h15H,3-9H2,1-2H3,(H,12,14). The maximum atomic E-state index is 11.4. The lowest BCUT2D eigenvalue weighted by atomic mass is 9.94. The van der Waals surface area contributed by atoms with Crippen molar-refractivity contribution in [2.24, 2.45) is 0 Å². The highest BCUT2D eigenvalue weighted by atomic mass is 16.3. The average molecular weight is 214 g/mol. The van der Waals surface area contributed by atoms with Crippen LogP contribution in [0.5, 0.6) is 0 Å². The van der Waals surface area contributed by atoms with Gasteiger partial charge in [0.2, 0.25) is 5.91 Å². The lowest BCUT2D eigenvalue weighted by Gasteiger charge is -2.35. The summed E-state index contributed by atoms with van der Waals surface area (Å²) in [6.07, 6.45) is 2.49. The Labute approximate surface area is 91.6 Å². The number of nitrogens with one attached hydrogen (secondary N) is 1. The van der Waals surface area contributed by atoms with Crippen LogP contribution < -0.4 is 5.32 Å². The highest BCUT2D eigenvalue weighted by Crippen LogP contribution is 2.20. The first-order valence-corrected chi connectivity index (χ1v) is 5.75. The molecular weight excluding hydrogens is 192 g/mol. The minimum atomic E-state index is -0.531. The van der Waals surface area contributed by atoms with Gasteiger partial charge in [0.05, 0.1) is 12.1 Å². The van der Waals surface area contributed by atoms with Crippen LogP contribution in [0.3, 0.4) is 0 Å². The van der Waals surface area contributed by atoms with Gasteiger partial charge < -0.3 is 10.4 Å². The van der Waals surface area contributed by atoms with E-state index in [2.05, 4.69) is 10.2 Å². The van der Waals surface area contributed by atoms with Gasteiger partial charge in [0.25, 0.3) is 0 Å². The second kappa shape index (κ2) is 5.47. The zero-order valence-electron chi connectivity index (χ0n) is 9.75. The second-order valence-corrected chi connectivity index (χ2v) is 4.62. The third-order valence-electron chi connectivity index (χ3n) is 2.87. The first-order chi connectivity index (χ1) is 7.03. The zero-order chi connectivity index (χ0) is 11.3. The second-order valence-electron chi connectivity index (χ2n) is 4.62. The zero-order valence-corrected chi connectivity index (χ0v) is 9.75. The Bertz CT molecular complexity index is 207. The molecule has 0 aromatic rings. The van der Waals surface area contributed by atoms with Gasteiger partial charge in [-0.25, -0.2) is 0 Å². The number of piperidine rings is 1. The van der Waals surface area contributed by atoms with Crippen LogP contribution in [0, 0.1) is 0 Å². The first kappa shape index (κ1) is 12.5. The molecule has 0 bridgehead atoms. The van der Waals surface area contributed by atoms with E-state index in [0.717, 1.165) is 38.9 Å². The number of carbonyl (C=O) groups is 1. The molecule has 15 heavy (non-hydrogen) atoms. The molecule has 0 saturated carbocycles. The van der Waals surface area contributed by atoms with Gasteiger partial charge in [-0.05, 0) is 26.2 Å². The van der Waals surface area contributed by atoms with Crippen LogP contribution >= 0.6 is 0 Å². The van der Waals surface area contributed by atoms with Gasteiger partial charge in [-0.2, -0.15) is 0 Å². The summed E-state index contributed by atoms with van der Waals surface area (Å²) in [6, 6.07) is 0. The third kappa shape index (κ3) is 4.62. The number of hydrogen-bond acceptors (Lipinski definition) is 3. The molecular formula is C11H22N2O2.